The molecule has 0 fully saturated rings. The quantitative estimate of drug-likeness (QED) is 0.539. The number of aryl methyl sites for hydroxylation is 1. The van der Waals surface area contributed by atoms with E-state index in [0.29, 0.717) is 5.56 Å². The van der Waals surface area contributed by atoms with Crippen LogP contribution >= 0.6 is 15.9 Å². The molecule has 0 saturated heterocycles. The summed E-state index contributed by atoms with van der Waals surface area (Å²) in [7, 11) is 0. The Hall–Kier alpha value is -2.21. The third-order valence-electron chi connectivity index (χ3n) is 3.15. The minimum atomic E-state index is -0.0698. The zero-order chi connectivity index (χ0) is 14.8. The van der Waals surface area contributed by atoms with Crippen molar-refractivity contribution in [2.75, 3.05) is 0 Å². The largest absolute Gasteiger partial charge is 0.299 e. The predicted octanol–water partition coefficient (Wildman–Crippen LogP) is 3.21. The number of pyridine rings is 1. The highest BCUT2D eigenvalue weighted by molar-refractivity contribution is 9.10. The van der Waals surface area contributed by atoms with Crippen LogP contribution in [-0.4, -0.2) is 24.9 Å². The summed E-state index contributed by atoms with van der Waals surface area (Å²) in [5.41, 5.74) is 2.27. The molecular formula is C15H13BrN4O. The number of hydrogen-bond acceptors (Lipinski definition) is 3. The maximum absolute atomic E-state index is 12.1. The predicted molar refractivity (Wildman–Crippen MR) is 84.2 cm³/mol. The van der Waals surface area contributed by atoms with Gasteiger partial charge in [0.15, 0.2) is 5.78 Å². The van der Waals surface area contributed by atoms with Crippen molar-refractivity contribution < 1.29 is 4.79 Å². The Morgan fingerprint density at radius 3 is 2.95 bits per heavy atom. The van der Waals surface area contributed by atoms with E-state index in [9.17, 15) is 4.79 Å². The molecule has 0 amide bonds. The van der Waals surface area contributed by atoms with Crippen molar-refractivity contribution in [3.05, 3.63) is 58.7 Å². The summed E-state index contributed by atoms with van der Waals surface area (Å²) in [5, 5.41) is 4.10. The molecule has 0 saturated carbocycles. The molecule has 0 spiro atoms. The number of halogens is 1. The molecule has 5 nitrogen and oxygen atoms in total. The number of carbonyl (C=O) groups is 1. The minimum Gasteiger partial charge on any atom is -0.299 e. The highest BCUT2D eigenvalue weighted by atomic mass is 79.9. The lowest BCUT2D eigenvalue weighted by atomic mass is 10.2. The van der Waals surface area contributed by atoms with E-state index < -0.39 is 0 Å². The van der Waals surface area contributed by atoms with Crippen LogP contribution in [0.2, 0.25) is 0 Å². The molecule has 3 rings (SSSR count). The maximum atomic E-state index is 12.1. The summed E-state index contributed by atoms with van der Waals surface area (Å²) in [6.45, 7) is 2.73. The molecule has 0 aromatic carbocycles. The maximum Gasteiger partial charge on any atom is 0.189 e. The summed E-state index contributed by atoms with van der Waals surface area (Å²) in [5.74, 6) is -0.0698. The van der Waals surface area contributed by atoms with Gasteiger partial charge in [-0.05, 0) is 47.1 Å². The van der Waals surface area contributed by atoms with E-state index in [1.54, 1.807) is 35.4 Å². The van der Waals surface area contributed by atoms with Gasteiger partial charge in [-0.25, -0.2) is 4.98 Å². The van der Waals surface area contributed by atoms with E-state index in [1.807, 2.05) is 29.7 Å². The number of rotatable bonds is 4. The first kappa shape index (κ1) is 13.8. The summed E-state index contributed by atoms with van der Waals surface area (Å²) < 4.78 is 4.61. The summed E-state index contributed by atoms with van der Waals surface area (Å²) >= 11 is 3.43. The van der Waals surface area contributed by atoms with Gasteiger partial charge in [-0.3, -0.25) is 13.9 Å². The fourth-order valence-corrected chi connectivity index (χ4v) is 2.35. The van der Waals surface area contributed by atoms with Crippen LogP contribution in [0, 0.1) is 0 Å². The zero-order valence-corrected chi connectivity index (χ0v) is 13.0. The van der Waals surface area contributed by atoms with Crippen molar-refractivity contribution in [3.8, 4) is 0 Å². The Balaban J connectivity index is 1.87. The van der Waals surface area contributed by atoms with Crippen LogP contribution < -0.4 is 0 Å². The molecule has 3 heterocycles. The van der Waals surface area contributed by atoms with Crippen molar-refractivity contribution in [1.82, 2.24) is 19.2 Å². The van der Waals surface area contributed by atoms with Crippen molar-refractivity contribution in [2.24, 2.45) is 0 Å². The molecule has 21 heavy (non-hydrogen) atoms. The first-order valence-electron chi connectivity index (χ1n) is 6.55. The molecule has 0 atom stereocenters. The fraction of sp³-hybridized carbons (Fsp3) is 0.133. The average molecular weight is 345 g/mol. The van der Waals surface area contributed by atoms with Crippen molar-refractivity contribution in [2.45, 2.75) is 13.5 Å². The molecular weight excluding hydrogens is 332 g/mol. The van der Waals surface area contributed by atoms with Gasteiger partial charge in [0.2, 0.25) is 0 Å². The molecule has 106 valence electrons. The van der Waals surface area contributed by atoms with Gasteiger partial charge < -0.3 is 0 Å². The first-order chi connectivity index (χ1) is 10.2. The topological polar surface area (TPSA) is 52.2 Å². The second-order valence-corrected chi connectivity index (χ2v) is 5.46. The molecule has 0 aliphatic carbocycles. The molecule has 0 unspecified atom stereocenters. The van der Waals surface area contributed by atoms with E-state index in [1.165, 1.54) is 0 Å². The smallest absolute Gasteiger partial charge is 0.189 e. The molecule has 3 aromatic heterocycles. The number of carbonyl (C=O) groups excluding carboxylic acids is 1. The Morgan fingerprint density at radius 1 is 1.33 bits per heavy atom. The van der Waals surface area contributed by atoms with Crippen LogP contribution in [0.25, 0.3) is 11.7 Å². The highest BCUT2D eigenvalue weighted by Crippen LogP contribution is 2.14. The number of ketones is 1. The fourth-order valence-electron chi connectivity index (χ4n) is 2.02. The van der Waals surface area contributed by atoms with Gasteiger partial charge in [0, 0.05) is 23.4 Å². The molecule has 6 heteroatoms. The average Bonchev–Trinajstić information content (AvgIpc) is 3.11. The number of fused-ring (bicyclic) bond motifs is 1. The number of allylic oxidation sites excluding steroid dienone is 1. The SMILES string of the molecule is CCn1cc(C(=O)/C=C\c2cnc3ccc(Br)cn23)cn1. The van der Waals surface area contributed by atoms with E-state index >= 15 is 0 Å². The number of imidazole rings is 1. The third kappa shape index (κ3) is 2.80. The van der Waals surface area contributed by atoms with Crippen LogP contribution in [0.4, 0.5) is 0 Å². The van der Waals surface area contributed by atoms with Crippen LogP contribution in [0.5, 0.6) is 0 Å². The molecule has 0 radical (unpaired) electrons. The van der Waals surface area contributed by atoms with Crippen molar-refractivity contribution in [1.29, 1.82) is 0 Å². The van der Waals surface area contributed by atoms with E-state index in [2.05, 4.69) is 26.0 Å². The molecule has 0 aliphatic rings. The van der Waals surface area contributed by atoms with Gasteiger partial charge in [-0.2, -0.15) is 5.10 Å². The van der Waals surface area contributed by atoms with Gasteiger partial charge in [0.1, 0.15) is 5.65 Å². The Morgan fingerprint density at radius 2 is 2.19 bits per heavy atom. The zero-order valence-electron chi connectivity index (χ0n) is 11.4. The number of nitrogens with zero attached hydrogens (tertiary/aromatic N) is 4. The second-order valence-electron chi connectivity index (χ2n) is 4.54. The summed E-state index contributed by atoms with van der Waals surface area (Å²) in [6.07, 6.45) is 10.3. The lowest BCUT2D eigenvalue weighted by Gasteiger charge is -1.97. The highest BCUT2D eigenvalue weighted by Gasteiger charge is 2.06. The first-order valence-corrected chi connectivity index (χ1v) is 7.34. The van der Waals surface area contributed by atoms with E-state index in [0.717, 1.165) is 22.4 Å². The van der Waals surface area contributed by atoms with Crippen LogP contribution in [0.1, 0.15) is 23.0 Å². The van der Waals surface area contributed by atoms with Crippen LogP contribution in [0.3, 0.4) is 0 Å². The summed E-state index contributed by atoms with van der Waals surface area (Å²) in [4.78, 5) is 16.4. The summed E-state index contributed by atoms with van der Waals surface area (Å²) in [6, 6.07) is 3.84. The van der Waals surface area contributed by atoms with Gasteiger partial charge in [-0.15, -0.1) is 0 Å². The lowest BCUT2D eigenvalue weighted by molar-refractivity contribution is 0.104. The van der Waals surface area contributed by atoms with Crippen molar-refractivity contribution >= 4 is 33.4 Å². The van der Waals surface area contributed by atoms with Gasteiger partial charge >= 0.3 is 0 Å². The van der Waals surface area contributed by atoms with E-state index in [-0.39, 0.29) is 5.78 Å². The standard InChI is InChI=1S/C15H13BrN4O/c1-2-19-9-11(7-18-19)14(21)5-4-13-8-17-15-6-3-12(16)10-20(13)15/h3-10H,2H2,1H3/b5-4-. The van der Waals surface area contributed by atoms with Crippen molar-refractivity contribution in [3.63, 3.8) is 0 Å². The Labute approximate surface area is 130 Å². The lowest BCUT2D eigenvalue weighted by Crippen LogP contribution is -1.95. The monoisotopic (exact) mass is 344 g/mol. The molecule has 3 aromatic rings. The second kappa shape index (κ2) is 5.65. The number of aromatic nitrogens is 4. The third-order valence-corrected chi connectivity index (χ3v) is 3.61. The van der Waals surface area contributed by atoms with Crippen LogP contribution in [0.15, 0.2) is 47.5 Å². The Bertz CT molecular complexity index is 831. The van der Waals surface area contributed by atoms with Gasteiger partial charge in [0.25, 0.3) is 0 Å². The van der Waals surface area contributed by atoms with Gasteiger partial charge in [0.05, 0.1) is 23.7 Å². The molecule has 0 bridgehead atoms. The minimum absolute atomic E-state index is 0.0698. The molecule has 0 N–H and O–H groups in total. The Kier molecular flexibility index (Phi) is 3.70. The van der Waals surface area contributed by atoms with Crippen LogP contribution in [-0.2, 0) is 6.54 Å². The molecule has 0 aliphatic heterocycles. The van der Waals surface area contributed by atoms with E-state index in [4.69, 9.17) is 0 Å². The number of hydrogen-bond donors (Lipinski definition) is 0. The normalized spacial score (nSPS) is 11.5. The van der Waals surface area contributed by atoms with Gasteiger partial charge in [-0.1, -0.05) is 0 Å².